The highest BCUT2D eigenvalue weighted by Crippen LogP contribution is 2.45. The second-order valence-corrected chi connectivity index (χ2v) is 31.0. The molecule has 17 nitrogen and oxygen atoms in total. The number of carbonyl (C=O) groups excluding carboxylic acids is 4. The van der Waals surface area contributed by atoms with Crippen LogP contribution < -0.4 is 0 Å². The molecule has 0 aromatic heterocycles. The van der Waals surface area contributed by atoms with Crippen molar-refractivity contribution in [2.45, 2.75) is 438 Å². The molecule has 97 heavy (non-hydrogen) atoms. The molecule has 0 aromatic carbocycles. The minimum absolute atomic E-state index is 0.107. The fourth-order valence-electron chi connectivity index (χ4n) is 12.1. The molecule has 0 aromatic rings. The minimum atomic E-state index is -4.96. The van der Waals surface area contributed by atoms with Crippen molar-refractivity contribution in [3.05, 3.63) is 0 Å². The van der Waals surface area contributed by atoms with Crippen LogP contribution in [0.25, 0.3) is 0 Å². The number of carbonyl (C=O) groups is 4. The van der Waals surface area contributed by atoms with Crippen LogP contribution in [-0.4, -0.2) is 96.7 Å². The average molecular weight is 1420 g/mol. The number of hydrogen-bond donors (Lipinski definition) is 3. The summed E-state index contributed by atoms with van der Waals surface area (Å²) in [6.07, 6.45) is 64.4. The van der Waals surface area contributed by atoms with E-state index < -0.39 is 97.5 Å². The largest absolute Gasteiger partial charge is 0.472 e. The molecule has 0 bridgehead atoms. The number of hydrogen-bond acceptors (Lipinski definition) is 15. The molecule has 0 spiro atoms. The molecule has 0 saturated heterocycles. The molecule has 0 amide bonds. The molecule has 0 radical (unpaired) electrons. The number of phosphoric ester groups is 2. The Balaban J connectivity index is 5.10. The van der Waals surface area contributed by atoms with Crippen molar-refractivity contribution < 1.29 is 80.2 Å². The van der Waals surface area contributed by atoms with Crippen LogP contribution in [0.2, 0.25) is 0 Å². The van der Waals surface area contributed by atoms with Gasteiger partial charge in [-0.25, -0.2) is 9.13 Å². The Bertz CT molecular complexity index is 1840. The van der Waals surface area contributed by atoms with Crippen LogP contribution in [0.4, 0.5) is 0 Å². The van der Waals surface area contributed by atoms with E-state index in [0.717, 1.165) is 96.3 Å². The van der Waals surface area contributed by atoms with Crippen molar-refractivity contribution in [3.63, 3.8) is 0 Å². The molecule has 3 N–H and O–H groups in total. The molecule has 19 heteroatoms. The van der Waals surface area contributed by atoms with Gasteiger partial charge in [0.15, 0.2) is 12.2 Å². The van der Waals surface area contributed by atoms with E-state index in [1.165, 1.54) is 244 Å². The first-order valence-corrected chi connectivity index (χ1v) is 43.8. The number of ether oxygens (including phenoxy) is 4. The minimum Gasteiger partial charge on any atom is -0.462 e. The lowest BCUT2D eigenvalue weighted by molar-refractivity contribution is -0.161. The highest BCUT2D eigenvalue weighted by Gasteiger charge is 2.30. The lowest BCUT2D eigenvalue weighted by Crippen LogP contribution is -2.30. The van der Waals surface area contributed by atoms with Gasteiger partial charge in [-0.3, -0.25) is 37.3 Å². The number of aliphatic hydroxyl groups excluding tert-OH is 1. The van der Waals surface area contributed by atoms with Crippen LogP contribution >= 0.6 is 15.6 Å². The molecule has 0 heterocycles. The van der Waals surface area contributed by atoms with Crippen molar-refractivity contribution in [1.29, 1.82) is 0 Å². The summed E-state index contributed by atoms with van der Waals surface area (Å²) in [5.74, 6) is -2.12. The van der Waals surface area contributed by atoms with E-state index in [-0.39, 0.29) is 25.7 Å². The SMILES string of the molecule is CCCCCCCCCCCCCCCCCCCCCCCCC(=O)O[C@H](COC(=O)CCCCCCCCCCCCCCCCCCCC)COP(=O)(O)OC[C@@H](O)COP(=O)(O)OC[C@@H](COC(=O)CCCCCCC)OC(=O)CCCCCCCCCCCCCC. The van der Waals surface area contributed by atoms with E-state index in [1.54, 1.807) is 0 Å². The lowest BCUT2D eigenvalue weighted by atomic mass is 10.0. The number of aliphatic hydroxyl groups is 1. The molecule has 2 unspecified atom stereocenters. The van der Waals surface area contributed by atoms with Gasteiger partial charge in [0.25, 0.3) is 0 Å². The van der Waals surface area contributed by atoms with Crippen LogP contribution in [0, 0.1) is 0 Å². The van der Waals surface area contributed by atoms with Crippen LogP contribution in [0.3, 0.4) is 0 Å². The summed E-state index contributed by atoms with van der Waals surface area (Å²) < 4.78 is 68.3. The lowest BCUT2D eigenvalue weighted by Gasteiger charge is -2.21. The van der Waals surface area contributed by atoms with Gasteiger partial charge in [0.05, 0.1) is 26.4 Å². The van der Waals surface area contributed by atoms with E-state index in [4.69, 9.17) is 37.0 Å². The molecule has 0 aliphatic heterocycles. The smallest absolute Gasteiger partial charge is 0.462 e. The van der Waals surface area contributed by atoms with Crippen LogP contribution in [0.15, 0.2) is 0 Å². The summed E-state index contributed by atoms with van der Waals surface area (Å²) in [4.78, 5) is 72.6. The summed E-state index contributed by atoms with van der Waals surface area (Å²) in [5.41, 5.74) is 0. The third-order valence-electron chi connectivity index (χ3n) is 18.4. The van der Waals surface area contributed by atoms with Crippen molar-refractivity contribution in [2.24, 2.45) is 0 Å². The van der Waals surface area contributed by atoms with E-state index in [1.807, 2.05) is 0 Å². The van der Waals surface area contributed by atoms with Crippen molar-refractivity contribution >= 4 is 39.5 Å². The zero-order valence-electron chi connectivity index (χ0n) is 63.1. The van der Waals surface area contributed by atoms with Crippen LogP contribution in [-0.2, 0) is 65.4 Å². The van der Waals surface area contributed by atoms with E-state index >= 15 is 0 Å². The van der Waals surface area contributed by atoms with Crippen molar-refractivity contribution in [3.8, 4) is 0 Å². The van der Waals surface area contributed by atoms with Crippen molar-refractivity contribution in [2.75, 3.05) is 39.6 Å². The molecule has 0 saturated carbocycles. The van der Waals surface area contributed by atoms with E-state index in [2.05, 4.69) is 27.7 Å². The van der Waals surface area contributed by atoms with Gasteiger partial charge in [-0.2, -0.15) is 0 Å². The van der Waals surface area contributed by atoms with Gasteiger partial charge in [-0.1, -0.05) is 368 Å². The number of unbranched alkanes of at least 4 members (excludes halogenated alkanes) is 53. The Morgan fingerprint density at radius 2 is 0.412 bits per heavy atom. The Morgan fingerprint density at radius 1 is 0.247 bits per heavy atom. The Labute approximate surface area is 594 Å². The first kappa shape index (κ1) is 95.1. The zero-order chi connectivity index (χ0) is 71.1. The second kappa shape index (κ2) is 72.4. The maximum absolute atomic E-state index is 13.1. The maximum Gasteiger partial charge on any atom is 0.472 e. The third-order valence-corrected chi connectivity index (χ3v) is 20.3. The Kier molecular flexibility index (Phi) is 71.0. The average Bonchev–Trinajstić information content (AvgIpc) is 1.70. The van der Waals surface area contributed by atoms with Crippen LogP contribution in [0.5, 0.6) is 0 Å². The molecule has 5 atom stereocenters. The van der Waals surface area contributed by atoms with Gasteiger partial charge in [0.2, 0.25) is 0 Å². The van der Waals surface area contributed by atoms with Gasteiger partial charge < -0.3 is 33.8 Å². The Hall–Kier alpha value is -1.94. The first-order valence-electron chi connectivity index (χ1n) is 40.8. The quantitative estimate of drug-likeness (QED) is 0.0222. The fourth-order valence-corrected chi connectivity index (χ4v) is 13.7. The predicted octanol–water partition coefficient (Wildman–Crippen LogP) is 23.4. The topological polar surface area (TPSA) is 237 Å². The zero-order valence-corrected chi connectivity index (χ0v) is 64.8. The molecule has 0 aliphatic rings. The molecule has 576 valence electrons. The van der Waals surface area contributed by atoms with Gasteiger partial charge in [0.1, 0.15) is 19.3 Å². The van der Waals surface area contributed by atoms with E-state index in [0.29, 0.717) is 25.7 Å². The summed E-state index contributed by atoms with van der Waals surface area (Å²) in [6.45, 7) is 4.91. The van der Waals surface area contributed by atoms with Gasteiger partial charge in [-0.15, -0.1) is 0 Å². The van der Waals surface area contributed by atoms with E-state index in [9.17, 15) is 43.2 Å². The van der Waals surface area contributed by atoms with Gasteiger partial charge >= 0.3 is 39.5 Å². The summed E-state index contributed by atoms with van der Waals surface area (Å²) in [6, 6.07) is 0. The summed E-state index contributed by atoms with van der Waals surface area (Å²) >= 11 is 0. The van der Waals surface area contributed by atoms with Crippen molar-refractivity contribution in [1.82, 2.24) is 0 Å². The highest BCUT2D eigenvalue weighted by molar-refractivity contribution is 7.47. The normalized spacial score (nSPS) is 13.8. The highest BCUT2D eigenvalue weighted by atomic mass is 31.2. The second-order valence-electron chi connectivity index (χ2n) is 28.1. The predicted molar refractivity (Wildman–Crippen MR) is 395 cm³/mol. The third kappa shape index (κ3) is 72.2. The monoisotopic (exact) mass is 1420 g/mol. The van der Waals surface area contributed by atoms with Gasteiger partial charge in [0, 0.05) is 25.7 Å². The molecule has 0 aliphatic carbocycles. The standard InChI is InChI=1S/C78H152O17P2/c1-5-9-13-17-20-23-26-29-31-33-35-36-37-38-40-42-44-47-50-53-57-61-65-78(83)95-74(69-89-76(81)63-59-55-51-48-46-43-41-39-34-32-30-27-24-21-18-14-10-6-2)71-93-97(86,87)91-67-72(79)66-90-96(84,85)92-70-73(68-88-75(80)62-58-54-16-12-8-4)94-77(82)64-60-56-52-49-45-28-25-22-19-15-11-7-3/h72-74,79H,5-71H2,1-4H3,(H,84,85)(H,86,87)/t72-,73+,74+/m0/s1. The number of phosphoric acid groups is 2. The molecular formula is C78H152O17P2. The molecular weight excluding hydrogens is 1270 g/mol. The Morgan fingerprint density at radius 3 is 0.608 bits per heavy atom. The summed E-state index contributed by atoms with van der Waals surface area (Å²) in [7, 11) is -9.90. The van der Waals surface area contributed by atoms with Gasteiger partial charge in [-0.05, 0) is 25.7 Å². The number of rotatable bonds is 79. The first-order chi connectivity index (χ1) is 47.2. The fraction of sp³-hybridized carbons (Fsp3) is 0.949. The number of esters is 4. The molecule has 0 fully saturated rings. The van der Waals surface area contributed by atoms with Crippen LogP contribution in [0.1, 0.15) is 419 Å². The maximum atomic E-state index is 13.1. The molecule has 0 rings (SSSR count). The summed E-state index contributed by atoms with van der Waals surface area (Å²) in [5, 5.41) is 10.6.